The predicted molar refractivity (Wildman–Crippen MR) is 66.2 cm³/mol. The molecule has 0 unspecified atom stereocenters. The molecule has 18 heavy (non-hydrogen) atoms. The van der Waals surface area contributed by atoms with Gasteiger partial charge in [0.15, 0.2) is 0 Å². The lowest BCUT2D eigenvalue weighted by Crippen LogP contribution is -2.24. The lowest BCUT2D eigenvalue weighted by molar-refractivity contribution is 0.0940. The number of benzene rings is 1. The van der Waals surface area contributed by atoms with Gasteiger partial charge in [-0.1, -0.05) is 12.1 Å². The van der Waals surface area contributed by atoms with Crippen molar-refractivity contribution in [3.63, 3.8) is 0 Å². The van der Waals surface area contributed by atoms with E-state index in [-0.39, 0.29) is 11.7 Å². The summed E-state index contributed by atoms with van der Waals surface area (Å²) in [6.45, 7) is 0.432. The van der Waals surface area contributed by atoms with Crippen molar-refractivity contribution in [1.82, 2.24) is 15.3 Å². The van der Waals surface area contributed by atoms with Crippen LogP contribution in [0.1, 0.15) is 16.2 Å². The van der Waals surface area contributed by atoms with Gasteiger partial charge in [0.05, 0.1) is 7.11 Å². The van der Waals surface area contributed by atoms with E-state index < -0.39 is 0 Å². The lowest BCUT2D eigenvalue weighted by Gasteiger charge is -2.05. The number of aromatic nitrogens is 2. The maximum absolute atomic E-state index is 11.7. The number of hydrogen-bond donors (Lipinski definition) is 1. The normalized spacial score (nSPS) is 9.83. The average molecular weight is 243 g/mol. The first-order valence-electron chi connectivity index (χ1n) is 5.48. The van der Waals surface area contributed by atoms with E-state index in [4.69, 9.17) is 4.74 Å². The molecule has 0 atom stereocenters. The Bertz CT molecular complexity index is 512. The first kappa shape index (κ1) is 12.0. The first-order chi connectivity index (χ1) is 8.79. The number of nitrogens with one attached hydrogen (secondary N) is 1. The number of methoxy groups -OCH3 is 1. The molecule has 0 radical (unpaired) electrons. The molecule has 0 fully saturated rings. The van der Waals surface area contributed by atoms with Gasteiger partial charge in [0.1, 0.15) is 5.75 Å². The predicted octanol–water partition coefficient (Wildman–Crippen LogP) is 1.42. The van der Waals surface area contributed by atoms with Crippen molar-refractivity contribution in [2.75, 3.05) is 7.11 Å². The zero-order valence-electron chi connectivity index (χ0n) is 9.96. The SMILES string of the molecule is COc1ccc(CNC(=O)c2ncccn2)cc1. The summed E-state index contributed by atoms with van der Waals surface area (Å²) < 4.78 is 5.06. The molecule has 92 valence electrons. The zero-order valence-corrected chi connectivity index (χ0v) is 9.96. The number of rotatable bonds is 4. The van der Waals surface area contributed by atoms with Crippen LogP contribution < -0.4 is 10.1 Å². The van der Waals surface area contributed by atoms with Crippen LogP contribution in [0.5, 0.6) is 5.75 Å². The Morgan fingerprint density at radius 2 is 1.89 bits per heavy atom. The van der Waals surface area contributed by atoms with E-state index >= 15 is 0 Å². The molecule has 0 aliphatic rings. The van der Waals surface area contributed by atoms with Crippen LogP contribution in [0, 0.1) is 0 Å². The summed E-state index contributed by atoms with van der Waals surface area (Å²) in [6.07, 6.45) is 3.07. The minimum Gasteiger partial charge on any atom is -0.497 e. The Labute approximate surface area is 105 Å². The number of carbonyl (C=O) groups excluding carboxylic acids is 1. The fourth-order valence-corrected chi connectivity index (χ4v) is 1.42. The third kappa shape index (κ3) is 3.04. The van der Waals surface area contributed by atoms with Crippen LogP contribution in [0.15, 0.2) is 42.7 Å². The third-order valence-corrected chi connectivity index (χ3v) is 2.38. The van der Waals surface area contributed by atoms with E-state index in [2.05, 4.69) is 15.3 Å². The van der Waals surface area contributed by atoms with Gasteiger partial charge in [-0.05, 0) is 23.8 Å². The van der Waals surface area contributed by atoms with E-state index in [0.29, 0.717) is 6.54 Å². The second-order valence-electron chi connectivity index (χ2n) is 3.60. The molecular weight excluding hydrogens is 230 g/mol. The first-order valence-corrected chi connectivity index (χ1v) is 5.48. The molecule has 1 aromatic carbocycles. The van der Waals surface area contributed by atoms with E-state index in [1.165, 1.54) is 12.4 Å². The molecule has 1 heterocycles. The van der Waals surface area contributed by atoms with Gasteiger partial charge in [0.2, 0.25) is 5.82 Å². The molecule has 0 bridgehead atoms. The van der Waals surface area contributed by atoms with Crippen LogP contribution >= 0.6 is 0 Å². The summed E-state index contributed by atoms with van der Waals surface area (Å²) in [4.78, 5) is 19.4. The van der Waals surface area contributed by atoms with Gasteiger partial charge in [0, 0.05) is 18.9 Å². The summed E-state index contributed by atoms with van der Waals surface area (Å²) in [5.41, 5.74) is 0.986. The van der Waals surface area contributed by atoms with Crippen LogP contribution in [0.3, 0.4) is 0 Å². The summed E-state index contributed by atoms with van der Waals surface area (Å²) in [5, 5.41) is 2.75. The molecular formula is C13H13N3O2. The molecule has 0 spiro atoms. The van der Waals surface area contributed by atoms with Crippen LogP contribution in [0.4, 0.5) is 0 Å². The quantitative estimate of drug-likeness (QED) is 0.882. The van der Waals surface area contributed by atoms with Gasteiger partial charge in [-0.2, -0.15) is 0 Å². The fraction of sp³-hybridized carbons (Fsp3) is 0.154. The van der Waals surface area contributed by atoms with Gasteiger partial charge in [-0.3, -0.25) is 4.79 Å². The minimum atomic E-state index is -0.286. The van der Waals surface area contributed by atoms with Gasteiger partial charge < -0.3 is 10.1 Å². The summed E-state index contributed by atoms with van der Waals surface area (Å²) in [7, 11) is 1.61. The molecule has 2 aromatic rings. The Morgan fingerprint density at radius 1 is 1.22 bits per heavy atom. The second-order valence-corrected chi connectivity index (χ2v) is 3.60. The van der Waals surface area contributed by atoms with Crippen molar-refractivity contribution in [3.8, 4) is 5.75 Å². The highest BCUT2D eigenvalue weighted by Gasteiger charge is 2.06. The van der Waals surface area contributed by atoms with E-state index in [9.17, 15) is 4.79 Å². The molecule has 5 nitrogen and oxygen atoms in total. The Kier molecular flexibility index (Phi) is 3.86. The summed E-state index contributed by atoms with van der Waals surface area (Å²) in [6, 6.07) is 9.15. The molecule has 1 amide bonds. The number of carbonyl (C=O) groups is 1. The highest BCUT2D eigenvalue weighted by molar-refractivity contribution is 5.90. The van der Waals surface area contributed by atoms with Crippen LogP contribution in [0.2, 0.25) is 0 Å². The molecule has 0 saturated carbocycles. The van der Waals surface area contributed by atoms with Crippen molar-refractivity contribution >= 4 is 5.91 Å². The Balaban J connectivity index is 1.93. The molecule has 1 N–H and O–H groups in total. The van der Waals surface area contributed by atoms with Crippen molar-refractivity contribution in [2.45, 2.75) is 6.54 Å². The van der Waals surface area contributed by atoms with Crippen molar-refractivity contribution in [3.05, 3.63) is 54.1 Å². The third-order valence-electron chi connectivity index (χ3n) is 2.38. The summed E-state index contributed by atoms with van der Waals surface area (Å²) in [5.74, 6) is 0.675. The zero-order chi connectivity index (χ0) is 12.8. The molecule has 0 aliphatic carbocycles. The van der Waals surface area contributed by atoms with Crippen LogP contribution in [-0.2, 0) is 6.54 Å². The van der Waals surface area contributed by atoms with Crippen LogP contribution in [-0.4, -0.2) is 23.0 Å². The van der Waals surface area contributed by atoms with E-state index in [1.807, 2.05) is 24.3 Å². The molecule has 1 aromatic heterocycles. The highest BCUT2D eigenvalue weighted by atomic mass is 16.5. The lowest BCUT2D eigenvalue weighted by atomic mass is 10.2. The monoisotopic (exact) mass is 243 g/mol. The van der Waals surface area contributed by atoms with Crippen LogP contribution in [0.25, 0.3) is 0 Å². The van der Waals surface area contributed by atoms with Crippen molar-refractivity contribution in [1.29, 1.82) is 0 Å². The minimum absolute atomic E-state index is 0.172. The van der Waals surface area contributed by atoms with Gasteiger partial charge >= 0.3 is 0 Å². The maximum atomic E-state index is 11.7. The van der Waals surface area contributed by atoms with Gasteiger partial charge in [-0.15, -0.1) is 0 Å². The maximum Gasteiger partial charge on any atom is 0.289 e. The molecule has 5 heteroatoms. The average Bonchev–Trinajstić information content (AvgIpc) is 2.46. The summed E-state index contributed by atoms with van der Waals surface area (Å²) >= 11 is 0. The largest absolute Gasteiger partial charge is 0.497 e. The topological polar surface area (TPSA) is 64.1 Å². The van der Waals surface area contributed by atoms with Gasteiger partial charge in [0.25, 0.3) is 5.91 Å². The van der Waals surface area contributed by atoms with Crippen molar-refractivity contribution < 1.29 is 9.53 Å². The smallest absolute Gasteiger partial charge is 0.289 e. The number of amides is 1. The second kappa shape index (κ2) is 5.77. The Hall–Kier alpha value is -2.43. The van der Waals surface area contributed by atoms with E-state index in [1.54, 1.807) is 13.2 Å². The molecule has 0 aliphatic heterocycles. The Morgan fingerprint density at radius 3 is 2.50 bits per heavy atom. The van der Waals surface area contributed by atoms with E-state index in [0.717, 1.165) is 11.3 Å². The number of hydrogen-bond acceptors (Lipinski definition) is 4. The molecule has 2 rings (SSSR count). The number of ether oxygens (including phenoxy) is 1. The van der Waals surface area contributed by atoms with Crippen molar-refractivity contribution in [2.24, 2.45) is 0 Å². The fourth-order valence-electron chi connectivity index (χ4n) is 1.42. The van der Waals surface area contributed by atoms with Gasteiger partial charge in [-0.25, -0.2) is 9.97 Å². The standard InChI is InChI=1S/C13H13N3O2/c1-18-11-5-3-10(4-6-11)9-16-13(17)12-14-7-2-8-15-12/h2-8H,9H2,1H3,(H,16,17). The highest BCUT2D eigenvalue weighted by Crippen LogP contribution is 2.10. The molecule has 0 saturated heterocycles. The number of nitrogens with zero attached hydrogens (tertiary/aromatic N) is 2.